The molecule has 0 atom stereocenters. The second kappa shape index (κ2) is 6.39. The van der Waals surface area contributed by atoms with Crippen molar-refractivity contribution in [1.29, 1.82) is 0 Å². The van der Waals surface area contributed by atoms with Crippen LogP contribution < -0.4 is 0 Å². The highest BCUT2D eigenvalue weighted by Crippen LogP contribution is 2.29. The van der Waals surface area contributed by atoms with E-state index in [4.69, 9.17) is 11.6 Å². The van der Waals surface area contributed by atoms with Crippen LogP contribution in [-0.2, 0) is 17.6 Å². The van der Waals surface area contributed by atoms with E-state index in [0.717, 1.165) is 16.5 Å². The van der Waals surface area contributed by atoms with Crippen LogP contribution in [0.4, 0.5) is 0 Å². The largest absolute Gasteiger partial charge is 0.299 e. The van der Waals surface area contributed by atoms with Crippen molar-refractivity contribution in [2.75, 3.05) is 0 Å². The molecule has 1 aromatic heterocycles. The Morgan fingerprint density at radius 1 is 0.917 bits per heavy atom. The van der Waals surface area contributed by atoms with E-state index in [9.17, 15) is 4.79 Å². The molecular formula is C21H15ClOS. The van der Waals surface area contributed by atoms with Crippen molar-refractivity contribution >= 4 is 49.6 Å². The number of halogens is 1. The summed E-state index contributed by atoms with van der Waals surface area (Å²) in [7, 11) is 0. The number of carbonyl (C=O) groups is 1. The van der Waals surface area contributed by atoms with Gasteiger partial charge in [0.1, 0.15) is 5.78 Å². The minimum atomic E-state index is 0.227. The van der Waals surface area contributed by atoms with Gasteiger partial charge in [-0.05, 0) is 50.9 Å². The number of thiophene rings is 1. The van der Waals surface area contributed by atoms with E-state index >= 15 is 0 Å². The van der Waals surface area contributed by atoms with Gasteiger partial charge in [0.25, 0.3) is 0 Å². The topological polar surface area (TPSA) is 17.1 Å². The number of benzene rings is 3. The molecule has 0 spiro atoms. The first-order valence-corrected chi connectivity index (χ1v) is 9.10. The molecule has 1 heterocycles. The Hall–Kier alpha value is -2.16. The zero-order chi connectivity index (χ0) is 16.5. The van der Waals surface area contributed by atoms with Crippen LogP contribution in [0.5, 0.6) is 0 Å². The van der Waals surface area contributed by atoms with Crippen LogP contribution in [0.25, 0.3) is 20.9 Å². The molecule has 118 valence electrons. The monoisotopic (exact) mass is 350 g/mol. The highest BCUT2D eigenvalue weighted by Gasteiger charge is 2.11. The van der Waals surface area contributed by atoms with Crippen LogP contribution in [-0.4, -0.2) is 5.78 Å². The van der Waals surface area contributed by atoms with Gasteiger partial charge in [-0.3, -0.25) is 4.79 Å². The molecule has 0 aliphatic rings. The maximum atomic E-state index is 12.5. The fourth-order valence-electron chi connectivity index (χ4n) is 3.04. The third-order valence-electron chi connectivity index (χ3n) is 4.22. The lowest BCUT2D eigenvalue weighted by Crippen LogP contribution is -2.06. The Balaban J connectivity index is 1.55. The van der Waals surface area contributed by atoms with E-state index in [2.05, 4.69) is 29.6 Å². The van der Waals surface area contributed by atoms with Crippen molar-refractivity contribution in [2.24, 2.45) is 0 Å². The number of rotatable bonds is 4. The number of fused-ring (bicyclic) bond motifs is 2. The lowest BCUT2D eigenvalue weighted by molar-refractivity contribution is -0.117. The Bertz CT molecular complexity index is 1050. The number of carbonyl (C=O) groups excluding carboxylic acids is 1. The minimum Gasteiger partial charge on any atom is -0.299 e. The van der Waals surface area contributed by atoms with Crippen molar-refractivity contribution in [3.8, 4) is 0 Å². The van der Waals surface area contributed by atoms with Crippen molar-refractivity contribution < 1.29 is 4.79 Å². The van der Waals surface area contributed by atoms with Gasteiger partial charge in [-0.15, -0.1) is 11.3 Å². The van der Waals surface area contributed by atoms with E-state index in [0.29, 0.717) is 17.9 Å². The van der Waals surface area contributed by atoms with Crippen molar-refractivity contribution in [1.82, 2.24) is 0 Å². The molecule has 0 aliphatic carbocycles. The molecule has 1 nitrogen and oxygen atoms in total. The third-order valence-corrected chi connectivity index (χ3v) is 5.47. The summed E-state index contributed by atoms with van der Waals surface area (Å²) in [6.45, 7) is 0. The number of hydrogen-bond donors (Lipinski definition) is 0. The molecular weight excluding hydrogens is 336 g/mol. The molecule has 24 heavy (non-hydrogen) atoms. The van der Waals surface area contributed by atoms with Gasteiger partial charge in [0, 0.05) is 22.6 Å². The molecule has 0 bridgehead atoms. The predicted octanol–water partition coefficient (Wildman–Crippen LogP) is 6.06. The van der Waals surface area contributed by atoms with E-state index in [1.54, 1.807) is 11.3 Å². The highest BCUT2D eigenvalue weighted by atomic mass is 35.5. The van der Waals surface area contributed by atoms with Crippen LogP contribution in [0.15, 0.2) is 66.0 Å². The van der Waals surface area contributed by atoms with E-state index in [-0.39, 0.29) is 5.78 Å². The Morgan fingerprint density at radius 3 is 2.62 bits per heavy atom. The van der Waals surface area contributed by atoms with Gasteiger partial charge in [-0.25, -0.2) is 0 Å². The van der Waals surface area contributed by atoms with Crippen molar-refractivity contribution in [2.45, 2.75) is 12.8 Å². The fourth-order valence-corrected chi connectivity index (χ4v) is 4.16. The quantitative estimate of drug-likeness (QED) is 0.437. The number of hydrogen-bond acceptors (Lipinski definition) is 2. The maximum Gasteiger partial charge on any atom is 0.141 e. The molecule has 0 saturated heterocycles. The van der Waals surface area contributed by atoms with Crippen LogP contribution in [0.2, 0.25) is 5.02 Å². The summed E-state index contributed by atoms with van der Waals surface area (Å²) >= 11 is 7.75. The summed E-state index contributed by atoms with van der Waals surface area (Å²) in [6, 6.07) is 20.3. The standard InChI is InChI=1S/C21H15ClOS/c22-18-7-8-21-20(12-18)17(13-24-21)11-19(23)10-14-5-6-15-3-1-2-4-16(15)9-14/h1-9,12-13H,10-11H2. The molecule has 0 fully saturated rings. The van der Waals surface area contributed by atoms with E-state index in [1.165, 1.54) is 15.5 Å². The number of Topliss-reactive ketones (excluding diaryl/α,β-unsaturated/α-hetero) is 1. The first-order chi connectivity index (χ1) is 11.7. The van der Waals surface area contributed by atoms with Gasteiger partial charge in [-0.2, -0.15) is 0 Å². The number of ketones is 1. The van der Waals surface area contributed by atoms with Gasteiger partial charge < -0.3 is 0 Å². The summed E-state index contributed by atoms with van der Waals surface area (Å²) in [4.78, 5) is 12.5. The first kappa shape index (κ1) is 15.4. The van der Waals surface area contributed by atoms with Crippen molar-refractivity contribution in [3.05, 3.63) is 82.2 Å². The summed E-state index contributed by atoms with van der Waals surface area (Å²) in [5.41, 5.74) is 2.14. The molecule has 0 unspecified atom stereocenters. The summed E-state index contributed by atoms with van der Waals surface area (Å²) in [5.74, 6) is 0.227. The molecule has 0 saturated carbocycles. The summed E-state index contributed by atoms with van der Waals surface area (Å²) in [5, 5.41) is 6.26. The van der Waals surface area contributed by atoms with Gasteiger partial charge >= 0.3 is 0 Å². The average Bonchev–Trinajstić information content (AvgIpc) is 2.97. The first-order valence-electron chi connectivity index (χ1n) is 7.84. The minimum absolute atomic E-state index is 0.227. The highest BCUT2D eigenvalue weighted by molar-refractivity contribution is 7.17. The molecule has 0 aliphatic heterocycles. The van der Waals surface area contributed by atoms with Crippen LogP contribution in [0.3, 0.4) is 0 Å². The smallest absolute Gasteiger partial charge is 0.141 e. The van der Waals surface area contributed by atoms with E-state index < -0.39 is 0 Å². The Kier molecular flexibility index (Phi) is 4.09. The van der Waals surface area contributed by atoms with Gasteiger partial charge in [-0.1, -0.05) is 54.1 Å². The second-order valence-electron chi connectivity index (χ2n) is 5.98. The molecule has 4 aromatic rings. The normalized spacial score (nSPS) is 11.2. The summed E-state index contributed by atoms with van der Waals surface area (Å²) < 4.78 is 1.17. The Morgan fingerprint density at radius 2 is 1.75 bits per heavy atom. The predicted molar refractivity (Wildman–Crippen MR) is 103 cm³/mol. The summed E-state index contributed by atoms with van der Waals surface area (Å²) in [6.07, 6.45) is 0.913. The molecule has 3 aromatic carbocycles. The third kappa shape index (κ3) is 3.08. The van der Waals surface area contributed by atoms with Crippen LogP contribution in [0, 0.1) is 0 Å². The second-order valence-corrected chi connectivity index (χ2v) is 7.32. The van der Waals surface area contributed by atoms with Gasteiger partial charge in [0.15, 0.2) is 0 Å². The maximum absolute atomic E-state index is 12.5. The molecule has 0 N–H and O–H groups in total. The van der Waals surface area contributed by atoms with Crippen molar-refractivity contribution in [3.63, 3.8) is 0 Å². The van der Waals surface area contributed by atoms with Crippen LogP contribution >= 0.6 is 22.9 Å². The van der Waals surface area contributed by atoms with E-state index in [1.807, 2.05) is 36.4 Å². The molecule has 4 rings (SSSR count). The molecule has 0 radical (unpaired) electrons. The SMILES string of the molecule is O=C(Cc1ccc2ccccc2c1)Cc1csc2ccc(Cl)cc12. The zero-order valence-electron chi connectivity index (χ0n) is 13.0. The van der Waals surface area contributed by atoms with Gasteiger partial charge in [0.05, 0.1) is 0 Å². The molecule has 0 amide bonds. The van der Waals surface area contributed by atoms with Crippen LogP contribution in [0.1, 0.15) is 11.1 Å². The lowest BCUT2D eigenvalue weighted by atomic mass is 10.00. The fraction of sp³-hybridized carbons (Fsp3) is 0.0952. The van der Waals surface area contributed by atoms with Gasteiger partial charge in [0.2, 0.25) is 0 Å². The average molecular weight is 351 g/mol. The zero-order valence-corrected chi connectivity index (χ0v) is 14.5. The molecule has 3 heteroatoms. The lowest BCUT2D eigenvalue weighted by Gasteiger charge is -2.04. The Labute approximate surface area is 149 Å².